The van der Waals surface area contributed by atoms with E-state index in [4.69, 9.17) is 16.3 Å². The number of rotatable bonds is 2. The Hall–Kier alpha value is -1.68. The Morgan fingerprint density at radius 2 is 2.27 bits per heavy atom. The van der Waals surface area contributed by atoms with Crippen LogP contribution in [-0.4, -0.2) is 16.7 Å². The molecular weight excluding hydrogens is 216 g/mol. The number of halogens is 1. The zero-order valence-corrected chi connectivity index (χ0v) is 8.78. The number of nitrogens with one attached hydrogen (secondary N) is 1. The van der Waals surface area contributed by atoms with Crippen molar-refractivity contribution in [3.63, 3.8) is 0 Å². The van der Waals surface area contributed by atoms with Gasteiger partial charge in [-0.15, -0.1) is 0 Å². The molecule has 1 heterocycles. The third-order valence-corrected chi connectivity index (χ3v) is 2.37. The van der Waals surface area contributed by atoms with Gasteiger partial charge >= 0.3 is 5.69 Å². The molecule has 1 aromatic carbocycles. The number of hydrogen-bond donors (Lipinski definition) is 1. The molecule has 2 aromatic rings. The van der Waals surface area contributed by atoms with Gasteiger partial charge in [0.15, 0.2) is 0 Å². The highest BCUT2D eigenvalue weighted by molar-refractivity contribution is 6.32. The summed E-state index contributed by atoms with van der Waals surface area (Å²) < 4.78 is 6.54. The molecule has 1 N–H and O–H groups in total. The van der Waals surface area contributed by atoms with Crippen LogP contribution in [0, 0.1) is 0 Å². The molecule has 0 aliphatic rings. The van der Waals surface area contributed by atoms with Gasteiger partial charge in [-0.05, 0) is 12.1 Å². The number of aromatic amines is 1. The second-order valence-electron chi connectivity index (χ2n) is 2.95. The summed E-state index contributed by atoms with van der Waals surface area (Å²) in [6.07, 6.45) is 3.22. The van der Waals surface area contributed by atoms with E-state index in [1.807, 2.05) is 0 Å². The average Bonchev–Trinajstić information content (AvgIpc) is 2.65. The summed E-state index contributed by atoms with van der Waals surface area (Å²) in [5, 5.41) is 0.518. The fraction of sp³-hybridized carbons (Fsp3) is 0.100. The van der Waals surface area contributed by atoms with Crippen molar-refractivity contribution in [2.24, 2.45) is 0 Å². The SMILES string of the molecule is COc1cc(-n2cc[nH]c2=O)ccc1Cl. The molecule has 2 rings (SSSR count). The summed E-state index contributed by atoms with van der Waals surface area (Å²) in [5.74, 6) is 0.544. The molecule has 1 aromatic heterocycles. The van der Waals surface area contributed by atoms with Crippen LogP contribution in [0.25, 0.3) is 5.69 Å². The lowest BCUT2D eigenvalue weighted by atomic mass is 10.3. The molecule has 0 bridgehead atoms. The van der Waals surface area contributed by atoms with E-state index in [1.54, 1.807) is 30.6 Å². The maximum atomic E-state index is 11.3. The molecule has 0 atom stereocenters. The number of imidazole rings is 1. The summed E-state index contributed by atoms with van der Waals surface area (Å²) >= 11 is 5.88. The van der Waals surface area contributed by atoms with Crippen LogP contribution in [0.3, 0.4) is 0 Å². The number of hydrogen-bond acceptors (Lipinski definition) is 2. The summed E-state index contributed by atoms with van der Waals surface area (Å²) in [5.41, 5.74) is 0.516. The molecule has 0 spiro atoms. The highest BCUT2D eigenvalue weighted by atomic mass is 35.5. The lowest BCUT2D eigenvalue weighted by molar-refractivity contribution is 0.415. The van der Waals surface area contributed by atoms with Gasteiger partial charge in [0, 0.05) is 18.5 Å². The van der Waals surface area contributed by atoms with Crippen molar-refractivity contribution in [1.82, 2.24) is 9.55 Å². The van der Waals surface area contributed by atoms with E-state index < -0.39 is 0 Å². The maximum absolute atomic E-state index is 11.3. The number of nitrogens with zero attached hydrogens (tertiary/aromatic N) is 1. The molecule has 0 radical (unpaired) electrons. The highest BCUT2D eigenvalue weighted by Gasteiger charge is 2.04. The van der Waals surface area contributed by atoms with Gasteiger partial charge in [-0.3, -0.25) is 4.57 Å². The lowest BCUT2D eigenvalue weighted by Crippen LogP contribution is -2.13. The van der Waals surface area contributed by atoms with Crippen LogP contribution in [0.5, 0.6) is 5.75 Å². The van der Waals surface area contributed by atoms with Crippen LogP contribution in [0.1, 0.15) is 0 Å². The maximum Gasteiger partial charge on any atom is 0.330 e. The van der Waals surface area contributed by atoms with Gasteiger partial charge in [0.2, 0.25) is 0 Å². The molecule has 0 amide bonds. The Bertz CT molecular complexity index is 530. The number of ether oxygens (including phenoxy) is 1. The van der Waals surface area contributed by atoms with Gasteiger partial charge < -0.3 is 9.72 Å². The number of aromatic nitrogens is 2. The Morgan fingerprint density at radius 3 is 2.87 bits per heavy atom. The Labute approximate surface area is 91.1 Å². The van der Waals surface area contributed by atoms with Gasteiger partial charge in [0.05, 0.1) is 17.8 Å². The van der Waals surface area contributed by atoms with Gasteiger partial charge in [-0.25, -0.2) is 4.79 Å². The number of H-pyrrole nitrogens is 1. The standard InChI is InChI=1S/C10H9ClN2O2/c1-15-9-6-7(2-3-8(9)11)13-5-4-12-10(13)14/h2-6H,1H3,(H,12,14). The van der Waals surface area contributed by atoms with E-state index in [9.17, 15) is 4.79 Å². The van der Waals surface area contributed by atoms with Gasteiger partial charge in [0.25, 0.3) is 0 Å². The zero-order chi connectivity index (χ0) is 10.8. The van der Waals surface area contributed by atoms with Crippen LogP contribution in [0.2, 0.25) is 5.02 Å². The minimum atomic E-state index is -0.195. The lowest BCUT2D eigenvalue weighted by Gasteiger charge is -2.06. The molecular formula is C10H9ClN2O2. The molecule has 15 heavy (non-hydrogen) atoms. The minimum absolute atomic E-state index is 0.195. The van der Waals surface area contributed by atoms with Crippen LogP contribution < -0.4 is 10.4 Å². The predicted molar refractivity (Wildman–Crippen MR) is 58.0 cm³/mol. The van der Waals surface area contributed by atoms with Crippen molar-refractivity contribution >= 4 is 11.6 Å². The molecule has 78 valence electrons. The molecule has 0 saturated carbocycles. The van der Waals surface area contributed by atoms with Crippen molar-refractivity contribution in [2.75, 3.05) is 7.11 Å². The first-order chi connectivity index (χ1) is 7.22. The molecule has 4 nitrogen and oxygen atoms in total. The van der Waals surface area contributed by atoms with Crippen LogP contribution in [0.15, 0.2) is 35.4 Å². The van der Waals surface area contributed by atoms with Gasteiger partial charge in [-0.1, -0.05) is 11.6 Å². The molecule has 0 unspecified atom stereocenters. The van der Waals surface area contributed by atoms with Crippen molar-refractivity contribution in [3.05, 3.63) is 46.1 Å². The molecule has 5 heteroatoms. The zero-order valence-electron chi connectivity index (χ0n) is 8.03. The van der Waals surface area contributed by atoms with E-state index in [1.165, 1.54) is 11.7 Å². The number of methoxy groups -OCH3 is 1. The van der Waals surface area contributed by atoms with E-state index >= 15 is 0 Å². The normalized spacial score (nSPS) is 10.3. The first-order valence-electron chi connectivity index (χ1n) is 4.32. The van der Waals surface area contributed by atoms with E-state index in [0.717, 1.165) is 0 Å². The summed E-state index contributed by atoms with van der Waals surface area (Å²) in [6, 6.07) is 5.15. The number of benzene rings is 1. The van der Waals surface area contributed by atoms with Crippen LogP contribution in [-0.2, 0) is 0 Å². The summed E-state index contributed by atoms with van der Waals surface area (Å²) in [6.45, 7) is 0. The van der Waals surface area contributed by atoms with Crippen molar-refractivity contribution < 1.29 is 4.74 Å². The van der Waals surface area contributed by atoms with Crippen LogP contribution >= 0.6 is 11.6 Å². The average molecular weight is 225 g/mol. The van der Waals surface area contributed by atoms with Crippen molar-refractivity contribution in [3.8, 4) is 11.4 Å². The Kier molecular flexibility index (Phi) is 2.51. The second-order valence-corrected chi connectivity index (χ2v) is 3.36. The van der Waals surface area contributed by atoms with E-state index in [2.05, 4.69) is 4.98 Å². The van der Waals surface area contributed by atoms with Crippen molar-refractivity contribution in [2.45, 2.75) is 0 Å². The first-order valence-corrected chi connectivity index (χ1v) is 4.70. The molecule has 0 fully saturated rings. The Balaban J connectivity index is 2.55. The van der Waals surface area contributed by atoms with Gasteiger partial charge in [-0.2, -0.15) is 0 Å². The van der Waals surface area contributed by atoms with E-state index in [0.29, 0.717) is 16.5 Å². The molecule has 0 aliphatic carbocycles. The van der Waals surface area contributed by atoms with Crippen molar-refractivity contribution in [1.29, 1.82) is 0 Å². The molecule has 0 saturated heterocycles. The topological polar surface area (TPSA) is 47.0 Å². The third-order valence-electron chi connectivity index (χ3n) is 2.06. The molecule has 0 aliphatic heterocycles. The fourth-order valence-electron chi connectivity index (χ4n) is 1.32. The summed E-state index contributed by atoms with van der Waals surface area (Å²) in [4.78, 5) is 13.9. The smallest absolute Gasteiger partial charge is 0.330 e. The quantitative estimate of drug-likeness (QED) is 0.846. The minimum Gasteiger partial charge on any atom is -0.495 e. The largest absolute Gasteiger partial charge is 0.495 e. The highest BCUT2D eigenvalue weighted by Crippen LogP contribution is 2.25. The third kappa shape index (κ3) is 1.76. The first kappa shape index (κ1) is 9.86. The second kappa shape index (κ2) is 3.82. The Morgan fingerprint density at radius 1 is 1.47 bits per heavy atom. The van der Waals surface area contributed by atoms with Crippen LogP contribution in [0.4, 0.5) is 0 Å². The summed E-state index contributed by atoms with van der Waals surface area (Å²) in [7, 11) is 1.53. The predicted octanol–water partition coefficient (Wildman–Crippen LogP) is 1.83. The van der Waals surface area contributed by atoms with Gasteiger partial charge in [0.1, 0.15) is 5.75 Å². The fourth-order valence-corrected chi connectivity index (χ4v) is 1.52. The monoisotopic (exact) mass is 224 g/mol. The van der Waals surface area contributed by atoms with E-state index in [-0.39, 0.29) is 5.69 Å².